The molecule has 1 aromatic heterocycles. The minimum Gasteiger partial charge on any atom is -0.366 e. The summed E-state index contributed by atoms with van der Waals surface area (Å²) in [7, 11) is 0. The summed E-state index contributed by atoms with van der Waals surface area (Å²) in [5.41, 5.74) is -0.0717. The van der Waals surface area contributed by atoms with Gasteiger partial charge in [0.25, 0.3) is 5.91 Å². The molecule has 0 aliphatic rings. The lowest BCUT2D eigenvalue weighted by Crippen LogP contribution is -2.28. The maximum absolute atomic E-state index is 12.9. The molecule has 1 aromatic carbocycles. The van der Waals surface area contributed by atoms with Crippen molar-refractivity contribution in [3.8, 4) is 0 Å². The van der Waals surface area contributed by atoms with E-state index in [2.05, 4.69) is 15.6 Å². The largest absolute Gasteiger partial charge is 0.366 e. The maximum Gasteiger partial charge on any atom is 0.252 e. The van der Waals surface area contributed by atoms with Gasteiger partial charge in [0.15, 0.2) is 0 Å². The van der Waals surface area contributed by atoms with E-state index in [1.165, 1.54) is 24.5 Å². The summed E-state index contributed by atoms with van der Waals surface area (Å²) in [5.74, 6) is -1.48. The van der Waals surface area contributed by atoms with Crippen molar-refractivity contribution in [3.05, 3.63) is 63.3 Å². The first-order valence-electron chi connectivity index (χ1n) is 6.67. The second-order valence-corrected chi connectivity index (χ2v) is 5.01. The molecule has 8 heteroatoms. The fourth-order valence-corrected chi connectivity index (χ4v) is 2.04. The van der Waals surface area contributed by atoms with E-state index >= 15 is 0 Å². The third kappa shape index (κ3) is 4.65. The number of hydrogen-bond acceptors (Lipinski definition) is 3. The number of amides is 2. The van der Waals surface area contributed by atoms with Crippen LogP contribution in [0.3, 0.4) is 0 Å². The van der Waals surface area contributed by atoms with Crippen molar-refractivity contribution >= 4 is 29.1 Å². The number of halogens is 2. The predicted molar refractivity (Wildman–Crippen MR) is 84.1 cm³/mol. The Bertz CT molecular complexity index is 792. The third-order valence-electron chi connectivity index (χ3n) is 2.91. The van der Waals surface area contributed by atoms with E-state index in [0.717, 1.165) is 12.1 Å². The van der Waals surface area contributed by atoms with Crippen LogP contribution in [0.4, 0.5) is 10.1 Å². The summed E-state index contributed by atoms with van der Waals surface area (Å²) < 4.78 is 12.9. The minimum absolute atomic E-state index is 0.0113. The minimum atomic E-state index is -0.543. The number of carbonyl (C=O) groups excluding carboxylic acids is 2. The Morgan fingerprint density at radius 3 is 2.74 bits per heavy atom. The highest BCUT2D eigenvalue weighted by Gasteiger charge is 2.11. The van der Waals surface area contributed by atoms with Crippen LogP contribution in [-0.2, 0) is 4.79 Å². The zero-order valence-electron chi connectivity index (χ0n) is 11.9. The van der Waals surface area contributed by atoms with E-state index in [-0.39, 0.29) is 34.7 Å². The number of H-pyrrole nitrogens is 1. The molecule has 0 saturated heterocycles. The van der Waals surface area contributed by atoms with Gasteiger partial charge in [0.2, 0.25) is 11.3 Å². The van der Waals surface area contributed by atoms with Gasteiger partial charge < -0.3 is 15.6 Å². The van der Waals surface area contributed by atoms with Gasteiger partial charge in [-0.15, -0.1) is 0 Å². The molecule has 0 unspecified atom stereocenters. The molecule has 0 aliphatic carbocycles. The van der Waals surface area contributed by atoms with Gasteiger partial charge in [-0.1, -0.05) is 11.6 Å². The van der Waals surface area contributed by atoms with Gasteiger partial charge in [-0.05, 0) is 18.2 Å². The van der Waals surface area contributed by atoms with Gasteiger partial charge in [-0.3, -0.25) is 14.4 Å². The summed E-state index contributed by atoms with van der Waals surface area (Å²) in [6.45, 7) is 0.0448. The van der Waals surface area contributed by atoms with Crippen molar-refractivity contribution in [3.63, 3.8) is 0 Å². The lowest BCUT2D eigenvalue weighted by Gasteiger charge is -2.07. The van der Waals surface area contributed by atoms with Crippen molar-refractivity contribution in [1.29, 1.82) is 0 Å². The van der Waals surface area contributed by atoms with Crippen molar-refractivity contribution in [2.45, 2.75) is 6.42 Å². The number of aromatic amines is 1. The Hall–Kier alpha value is -2.67. The first-order valence-corrected chi connectivity index (χ1v) is 7.05. The molecule has 1 heterocycles. The highest BCUT2D eigenvalue weighted by atomic mass is 35.5. The van der Waals surface area contributed by atoms with Crippen LogP contribution in [0.5, 0.6) is 0 Å². The maximum atomic E-state index is 12.9. The molecule has 2 aromatic rings. The molecule has 2 rings (SSSR count). The van der Waals surface area contributed by atoms with Crippen molar-refractivity contribution in [2.75, 3.05) is 11.9 Å². The number of rotatable bonds is 5. The smallest absolute Gasteiger partial charge is 0.252 e. The number of carbonyl (C=O) groups is 2. The lowest BCUT2D eigenvalue weighted by molar-refractivity contribution is -0.116. The van der Waals surface area contributed by atoms with Gasteiger partial charge in [-0.25, -0.2) is 4.39 Å². The molecule has 2 amide bonds. The zero-order valence-corrected chi connectivity index (χ0v) is 12.6. The Labute approximate surface area is 135 Å². The quantitative estimate of drug-likeness (QED) is 0.778. The molecule has 6 nitrogen and oxygen atoms in total. The SMILES string of the molecule is O=C(CCNC(=O)c1ccc(F)cc1Cl)Nc1c[nH]ccc1=O. The molecule has 120 valence electrons. The van der Waals surface area contributed by atoms with Crippen LogP contribution in [0.2, 0.25) is 5.02 Å². The summed E-state index contributed by atoms with van der Waals surface area (Å²) >= 11 is 5.77. The summed E-state index contributed by atoms with van der Waals surface area (Å²) in [5, 5.41) is 4.92. The van der Waals surface area contributed by atoms with Gasteiger partial charge in [0, 0.05) is 31.4 Å². The first kappa shape index (κ1) is 16.7. The van der Waals surface area contributed by atoms with Crippen LogP contribution in [0.15, 0.2) is 41.5 Å². The number of nitrogens with one attached hydrogen (secondary N) is 3. The van der Waals surface area contributed by atoms with Crippen molar-refractivity contribution in [1.82, 2.24) is 10.3 Å². The van der Waals surface area contributed by atoms with E-state index in [1.807, 2.05) is 0 Å². The van der Waals surface area contributed by atoms with Crippen molar-refractivity contribution < 1.29 is 14.0 Å². The summed E-state index contributed by atoms with van der Waals surface area (Å²) in [4.78, 5) is 37.7. The van der Waals surface area contributed by atoms with E-state index in [0.29, 0.717) is 0 Å². The molecule has 0 spiro atoms. The van der Waals surface area contributed by atoms with Gasteiger partial charge in [0.05, 0.1) is 10.6 Å². The van der Waals surface area contributed by atoms with Crippen LogP contribution in [0, 0.1) is 5.82 Å². The van der Waals surface area contributed by atoms with E-state index in [1.54, 1.807) is 0 Å². The number of pyridine rings is 1. The molecule has 0 fully saturated rings. The van der Waals surface area contributed by atoms with E-state index in [4.69, 9.17) is 11.6 Å². The van der Waals surface area contributed by atoms with Crippen LogP contribution in [-0.4, -0.2) is 23.3 Å². The molecule has 23 heavy (non-hydrogen) atoms. The van der Waals surface area contributed by atoms with Crippen molar-refractivity contribution in [2.24, 2.45) is 0 Å². The average Bonchev–Trinajstić information content (AvgIpc) is 2.49. The van der Waals surface area contributed by atoms with Crippen LogP contribution >= 0.6 is 11.6 Å². The van der Waals surface area contributed by atoms with E-state index < -0.39 is 17.6 Å². The highest BCUT2D eigenvalue weighted by Crippen LogP contribution is 2.16. The molecule has 0 atom stereocenters. The van der Waals surface area contributed by atoms with E-state index in [9.17, 15) is 18.8 Å². The number of hydrogen-bond donors (Lipinski definition) is 3. The van der Waals surface area contributed by atoms with Gasteiger partial charge in [-0.2, -0.15) is 0 Å². The third-order valence-corrected chi connectivity index (χ3v) is 3.22. The van der Waals surface area contributed by atoms with Gasteiger partial charge in [0.1, 0.15) is 11.5 Å². The molecular formula is C15H13ClFN3O3. The normalized spacial score (nSPS) is 10.2. The fourth-order valence-electron chi connectivity index (χ4n) is 1.78. The molecule has 0 aliphatic heterocycles. The summed E-state index contributed by atoms with van der Waals surface area (Å²) in [6.07, 6.45) is 2.79. The Kier molecular flexibility index (Phi) is 5.48. The lowest BCUT2D eigenvalue weighted by atomic mass is 10.2. The topological polar surface area (TPSA) is 91.1 Å². The summed E-state index contributed by atoms with van der Waals surface area (Å²) in [6, 6.07) is 4.70. The molecule has 0 radical (unpaired) electrons. The zero-order chi connectivity index (χ0) is 16.8. The number of aromatic nitrogens is 1. The fraction of sp³-hybridized carbons (Fsp3) is 0.133. The molecule has 3 N–H and O–H groups in total. The Morgan fingerprint density at radius 2 is 2.04 bits per heavy atom. The second kappa shape index (κ2) is 7.55. The Balaban J connectivity index is 1.85. The van der Waals surface area contributed by atoms with Crippen LogP contribution in [0.25, 0.3) is 0 Å². The first-order chi connectivity index (χ1) is 11.0. The number of anilines is 1. The van der Waals surface area contributed by atoms with Crippen LogP contribution in [0.1, 0.15) is 16.8 Å². The molecular weight excluding hydrogens is 325 g/mol. The molecule has 0 bridgehead atoms. The monoisotopic (exact) mass is 337 g/mol. The highest BCUT2D eigenvalue weighted by molar-refractivity contribution is 6.33. The number of benzene rings is 1. The predicted octanol–water partition coefficient (Wildman–Crippen LogP) is 1.93. The Morgan fingerprint density at radius 1 is 1.26 bits per heavy atom. The second-order valence-electron chi connectivity index (χ2n) is 4.60. The standard InChI is InChI=1S/C15H13ClFN3O3/c16-11-7-9(17)1-2-10(11)15(23)19-6-4-14(22)20-12-8-18-5-3-13(12)21/h1-3,5,7-8H,4,6H2,(H,18,21)(H,19,23)(H,20,22). The molecule has 0 saturated carbocycles. The average molecular weight is 338 g/mol. The van der Waals surface area contributed by atoms with Gasteiger partial charge >= 0.3 is 0 Å². The van der Waals surface area contributed by atoms with Crippen LogP contribution < -0.4 is 16.1 Å².